The van der Waals surface area contributed by atoms with Gasteiger partial charge in [-0.3, -0.25) is 4.79 Å². The van der Waals surface area contributed by atoms with E-state index in [0.29, 0.717) is 11.1 Å². The van der Waals surface area contributed by atoms with Gasteiger partial charge in [0.05, 0.1) is 0 Å². The maximum Gasteiger partial charge on any atom is 0.256 e. The van der Waals surface area contributed by atoms with Gasteiger partial charge in [0.15, 0.2) is 0 Å². The first kappa shape index (κ1) is 13.5. The van der Waals surface area contributed by atoms with Crippen LogP contribution in [0.5, 0.6) is 5.75 Å². The number of phenolic OH excluding ortho intramolecular Hbond substituents is 1. The van der Waals surface area contributed by atoms with Gasteiger partial charge in [0.25, 0.3) is 5.91 Å². The highest BCUT2D eigenvalue weighted by atomic mass is 32.2. The summed E-state index contributed by atoms with van der Waals surface area (Å²) in [6.07, 6.45) is 2.00. The number of hydrogen-bond acceptors (Lipinski definition) is 3. The summed E-state index contributed by atoms with van der Waals surface area (Å²) in [6.45, 7) is 1.72. The molecule has 0 spiro atoms. The van der Waals surface area contributed by atoms with Crippen LogP contribution in [0, 0.1) is 6.92 Å². The normalized spacial score (nSPS) is 10.2. The standard InChI is InChI=1S/C15H15NO2S/c1-10-13(4-3-5-14(10)17)15(18)16-11-6-8-12(19-2)9-7-11/h3-9,17H,1-2H3,(H,16,18). The van der Waals surface area contributed by atoms with E-state index >= 15 is 0 Å². The lowest BCUT2D eigenvalue weighted by atomic mass is 10.1. The molecule has 0 aliphatic heterocycles. The van der Waals surface area contributed by atoms with E-state index in [1.807, 2.05) is 30.5 Å². The van der Waals surface area contributed by atoms with Gasteiger partial charge >= 0.3 is 0 Å². The van der Waals surface area contributed by atoms with Crippen LogP contribution in [0.25, 0.3) is 0 Å². The molecule has 0 saturated heterocycles. The Balaban J connectivity index is 2.18. The Bertz CT molecular complexity index is 594. The lowest BCUT2D eigenvalue weighted by molar-refractivity contribution is 0.102. The predicted octanol–water partition coefficient (Wildman–Crippen LogP) is 3.67. The van der Waals surface area contributed by atoms with Gasteiger partial charge in [-0.1, -0.05) is 6.07 Å². The summed E-state index contributed by atoms with van der Waals surface area (Å²) in [6, 6.07) is 12.6. The number of carbonyl (C=O) groups is 1. The molecule has 2 N–H and O–H groups in total. The molecule has 98 valence electrons. The Kier molecular flexibility index (Phi) is 4.12. The van der Waals surface area contributed by atoms with Crippen LogP contribution in [0.4, 0.5) is 5.69 Å². The zero-order valence-electron chi connectivity index (χ0n) is 10.8. The summed E-state index contributed by atoms with van der Waals surface area (Å²) in [5.41, 5.74) is 1.81. The van der Waals surface area contributed by atoms with E-state index < -0.39 is 0 Å². The number of rotatable bonds is 3. The minimum Gasteiger partial charge on any atom is -0.508 e. The molecule has 2 aromatic rings. The van der Waals surface area contributed by atoms with Crippen molar-refractivity contribution in [2.75, 3.05) is 11.6 Å². The van der Waals surface area contributed by atoms with Gasteiger partial charge in [0, 0.05) is 21.7 Å². The summed E-state index contributed by atoms with van der Waals surface area (Å²) in [4.78, 5) is 13.3. The Labute approximate surface area is 116 Å². The van der Waals surface area contributed by atoms with Crippen LogP contribution in [-0.4, -0.2) is 17.3 Å². The number of benzene rings is 2. The van der Waals surface area contributed by atoms with Crippen molar-refractivity contribution in [2.24, 2.45) is 0 Å². The zero-order chi connectivity index (χ0) is 13.8. The van der Waals surface area contributed by atoms with E-state index in [1.54, 1.807) is 36.9 Å². The molecule has 0 aliphatic carbocycles. The Morgan fingerprint density at radius 1 is 1.16 bits per heavy atom. The van der Waals surface area contributed by atoms with Gasteiger partial charge in [-0.25, -0.2) is 0 Å². The largest absolute Gasteiger partial charge is 0.508 e. The molecule has 0 heterocycles. The number of aromatic hydroxyl groups is 1. The fourth-order valence-electron chi connectivity index (χ4n) is 1.74. The molecule has 0 fully saturated rings. The second-order valence-corrected chi connectivity index (χ2v) is 5.01. The molecular formula is C15H15NO2S. The fourth-order valence-corrected chi connectivity index (χ4v) is 2.15. The van der Waals surface area contributed by atoms with E-state index in [0.717, 1.165) is 10.6 Å². The molecule has 0 saturated carbocycles. The summed E-state index contributed by atoms with van der Waals surface area (Å²) in [5.74, 6) is -0.0873. The SMILES string of the molecule is CSc1ccc(NC(=O)c2cccc(O)c2C)cc1. The van der Waals surface area contributed by atoms with Gasteiger partial charge < -0.3 is 10.4 Å². The summed E-state index contributed by atoms with van der Waals surface area (Å²) >= 11 is 1.65. The van der Waals surface area contributed by atoms with Crippen LogP contribution in [0.3, 0.4) is 0 Å². The van der Waals surface area contributed by atoms with Crippen molar-refractivity contribution in [3.8, 4) is 5.75 Å². The van der Waals surface area contributed by atoms with Crippen LogP contribution < -0.4 is 5.32 Å². The predicted molar refractivity (Wildman–Crippen MR) is 79.0 cm³/mol. The average Bonchev–Trinajstić information content (AvgIpc) is 2.42. The first-order chi connectivity index (χ1) is 9.11. The zero-order valence-corrected chi connectivity index (χ0v) is 11.6. The molecule has 4 heteroatoms. The van der Waals surface area contributed by atoms with E-state index in [2.05, 4.69) is 5.32 Å². The summed E-state index contributed by atoms with van der Waals surface area (Å²) in [7, 11) is 0. The Hall–Kier alpha value is -1.94. The molecule has 0 atom stereocenters. The lowest BCUT2D eigenvalue weighted by Crippen LogP contribution is -2.13. The second-order valence-electron chi connectivity index (χ2n) is 4.13. The van der Waals surface area contributed by atoms with E-state index in [1.165, 1.54) is 0 Å². The molecule has 0 aliphatic rings. The summed E-state index contributed by atoms with van der Waals surface area (Å²) in [5, 5.41) is 12.4. The van der Waals surface area contributed by atoms with Crippen LogP contribution >= 0.6 is 11.8 Å². The Morgan fingerprint density at radius 2 is 1.84 bits per heavy atom. The quantitative estimate of drug-likeness (QED) is 0.839. The van der Waals surface area contributed by atoms with Crippen LogP contribution in [0.2, 0.25) is 0 Å². The molecule has 0 radical (unpaired) electrons. The summed E-state index contributed by atoms with van der Waals surface area (Å²) < 4.78 is 0. The van der Waals surface area contributed by atoms with Gasteiger partial charge in [-0.2, -0.15) is 0 Å². The van der Waals surface area contributed by atoms with Crippen molar-refractivity contribution in [2.45, 2.75) is 11.8 Å². The monoisotopic (exact) mass is 273 g/mol. The van der Waals surface area contributed by atoms with E-state index in [9.17, 15) is 9.90 Å². The molecule has 2 aromatic carbocycles. The van der Waals surface area contributed by atoms with Crippen LogP contribution in [-0.2, 0) is 0 Å². The number of amides is 1. The maximum atomic E-state index is 12.1. The van der Waals surface area contributed by atoms with Crippen LogP contribution in [0.1, 0.15) is 15.9 Å². The first-order valence-corrected chi connectivity index (χ1v) is 7.08. The van der Waals surface area contributed by atoms with Crippen molar-refractivity contribution in [1.82, 2.24) is 0 Å². The number of hydrogen-bond donors (Lipinski definition) is 2. The van der Waals surface area contributed by atoms with Gasteiger partial charge in [0.1, 0.15) is 5.75 Å². The van der Waals surface area contributed by atoms with Crippen molar-refractivity contribution in [1.29, 1.82) is 0 Å². The minimum atomic E-state index is -0.217. The van der Waals surface area contributed by atoms with Crippen molar-refractivity contribution in [3.05, 3.63) is 53.6 Å². The molecular weight excluding hydrogens is 258 g/mol. The molecule has 2 rings (SSSR count). The van der Waals surface area contributed by atoms with Gasteiger partial charge in [-0.05, 0) is 49.6 Å². The molecule has 0 bridgehead atoms. The second kappa shape index (κ2) is 5.80. The molecule has 0 unspecified atom stereocenters. The number of carbonyl (C=O) groups excluding carboxylic acids is 1. The van der Waals surface area contributed by atoms with Crippen molar-refractivity contribution in [3.63, 3.8) is 0 Å². The van der Waals surface area contributed by atoms with Crippen molar-refractivity contribution < 1.29 is 9.90 Å². The smallest absolute Gasteiger partial charge is 0.256 e. The molecule has 19 heavy (non-hydrogen) atoms. The first-order valence-electron chi connectivity index (χ1n) is 5.86. The maximum absolute atomic E-state index is 12.1. The van der Waals surface area contributed by atoms with E-state index in [4.69, 9.17) is 0 Å². The van der Waals surface area contributed by atoms with E-state index in [-0.39, 0.29) is 11.7 Å². The highest BCUT2D eigenvalue weighted by Crippen LogP contribution is 2.22. The minimum absolute atomic E-state index is 0.130. The lowest BCUT2D eigenvalue weighted by Gasteiger charge is -2.09. The molecule has 3 nitrogen and oxygen atoms in total. The Morgan fingerprint density at radius 3 is 2.47 bits per heavy atom. The molecule has 1 amide bonds. The third kappa shape index (κ3) is 3.09. The third-order valence-electron chi connectivity index (χ3n) is 2.90. The molecule has 0 aromatic heterocycles. The fraction of sp³-hybridized carbons (Fsp3) is 0.133. The number of phenols is 1. The number of thioether (sulfide) groups is 1. The highest BCUT2D eigenvalue weighted by Gasteiger charge is 2.11. The topological polar surface area (TPSA) is 49.3 Å². The highest BCUT2D eigenvalue weighted by molar-refractivity contribution is 7.98. The number of nitrogens with one attached hydrogen (secondary N) is 1. The van der Waals surface area contributed by atoms with Gasteiger partial charge in [0.2, 0.25) is 0 Å². The number of anilines is 1. The third-order valence-corrected chi connectivity index (χ3v) is 3.64. The average molecular weight is 273 g/mol. The van der Waals surface area contributed by atoms with Gasteiger partial charge in [-0.15, -0.1) is 11.8 Å². The van der Waals surface area contributed by atoms with Crippen LogP contribution in [0.15, 0.2) is 47.4 Å². The van der Waals surface area contributed by atoms with Crippen molar-refractivity contribution >= 4 is 23.4 Å².